The van der Waals surface area contributed by atoms with Crippen molar-refractivity contribution in [3.63, 3.8) is 0 Å². The van der Waals surface area contributed by atoms with Crippen LogP contribution in [0.15, 0.2) is 24.3 Å². The number of halogens is 2. The monoisotopic (exact) mass is 403 g/mol. The third kappa shape index (κ3) is 6.02. The van der Waals surface area contributed by atoms with Gasteiger partial charge in [0.25, 0.3) is 0 Å². The van der Waals surface area contributed by atoms with Gasteiger partial charge < -0.3 is 16.2 Å². The molecule has 1 unspecified atom stereocenters. The highest BCUT2D eigenvalue weighted by molar-refractivity contribution is 5.87. The predicted octanol–water partition coefficient (Wildman–Crippen LogP) is 2.84. The van der Waals surface area contributed by atoms with Crippen LogP contribution in [0, 0.1) is 5.92 Å². The van der Waals surface area contributed by atoms with Crippen molar-refractivity contribution in [2.75, 3.05) is 19.6 Å². The number of nitrogens with zero attached hydrogens (tertiary/aromatic N) is 1. The lowest BCUT2D eigenvalue weighted by Gasteiger charge is -2.36. The second-order valence-electron chi connectivity index (χ2n) is 7.47. The number of rotatable bonds is 6. The van der Waals surface area contributed by atoms with Gasteiger partial charge in [0.2, 0.25) is 5.91 Å². The Morgan fingerprint density at radius 2 is 2.08 bits per heavy atom. The molecule has 1 atom stereocenters. The molecule has 5 nitrogen and oxygen atoms in total. The molecule has 1 aliphatic heterocycles. The summed E-state index contributed by atoms with van der Waals surface area (Å²) in [4.78, 5) is 14.5. The normalized spacial score (nSPS) is 21.7. The molecular weight excluding hydrogens is 373 g/mol. The van der Waals surface area contributed by atoms with Gasteiger partial charge in [-0.25, -0.2) is 0 Å². The minimum atomic E-state index is -0.589. The molecule has 1 aromatic carbocycles. The minimum absolute atomic E-state index is 0. The number of aromatic hydroxyl groups is 1. The lowest BCUT2D eigenvalue weighted by Crippen LogP contribution is -2.58. The van der Waals surface area contributed by atoms with Gasteiger partial charge in [0.05, 0.1) is 5.54 Å². The summed E-state index contributed by atoms with van der Waals surface area (Å²) in [7, 11) is 0. The first-order valence-electron chi connectivity index (χ1n) is 9.13. The molecule has 0 bridgehead atoms. The predicted molar refractivity (Wildman–Crippen MR) is 109 cm³/mol. The molecule has 148 valence electrons. The third-order valence-corrected chi connectivity index (χ3v) is 5.46. The van der Waals surface area contributed by atoms with Gasteiger partial charge >= 0.3 is 0 Å². The fourth-order valence-electron chi connectivity index (χ4n) is 3.79. The maximum atomic E-state index is 12.1. The number of carbonyl (C=O) groups excluding carboxylic acids is 1. The van der Waals surface area contributed by atoms with E-state index in [1.54, 1.807) is 6.07 Å². The highest BCUT2D eigenvalue weighted by Crippen LogP contribution is 2.29. The van der Waals surface area contributed by atoms with E-state index in [1.165, 1.54) is 12.8 Å². The van der Waals surface area contributed by atoms with Crippen LogP contribution in [-0.2, 0) is 11.3 Å². The number of nitrogens with two attached hydrogens (primary N) is 1. The standard InChI is InChI=1S/C19H29N3O2.2ClH/c20-19(8-3-9-19)18(24)21-10-7-15-5-2-11-22(13-15)14-16-4-1-6-17(23)12-16;;/h1,4,6,12,15,23H,2-3,5,7-11,13-14,20H2,(H,21,24);2*1H. The number of phenolic OH excluding ortho intramolecular Hbond substituents is 1. The highest BCUT2D eigenvalue weighted by atomic mass is 35.5. The van der Waals surface area contributed by atoms with E-state index < -0.39 is 5.54 Å². The molecule has 1 saturated heterocycles. The summed E-state index contributed by atoms with van der Waals surface area (Å²) in [6.45, 7) is 3.76. The average Bonchev–Trinajstić information content (AvgIpc) is 2.53. The van der Waals surface area contributed by atoms with Crippen LogP contribution in [0.4, 0.5) is 0 Å². The highest BCUT2D eigenvalue weighted by Gasteiger charge is 2.39. The molecule has 0 spiro atoms. The molecule has 4 N–H and O–H groups in total. The number of carbonyl (C=O) groups is 1. The smallest absolute Gasteiger partial charge is 0.240 e. The Kier molecular flexibility index (Phi) is 9.17. The average molecular weight is 404 g/mol. The topological polar surface area (TPSA) is 78.6 Å². The second-order valence-corrected chi connectivity index (χ2v) is 7.47. The van der Waals surface area contributed by atoms with Crippen molar-refractivity contribution < 1.29 is 9.90 Å². The van der Waals surface area contributed by atoms with Crippen molar-refractivity contribution in [1.29, 1.82) is 0 Å². The summed E-state index contributed by atoms with van der Waals surface area (Å²) in [5, 5.41) is 12.6. The Morgan fingerprint density at radius 1 is 1.31 bits per heavy atom. The van der Waals surface area contributed by atoms with E-state index in [1.807, 2.05) is 12.1 Å². The van der Waals surface area contributed by atoms with Crippen LogP contribution in [0.5, 0.6) is 5.75 Å². The fraction of sp³-hybridized carbons (Fsp3) is 0.632. The largest absolute Gasteiger partial charge is 0.508 e. The summed E-state index contributed by atoms with van der Waals surface area (Å²) < 4.78 is 0. The summed E-state index contributed by atoms with van der Waals surface area (Å²) in [5.41, 5.74) is 6.61. The van der Waals surface area contributed by atoms with Gasteiger partial charge in [0.15, 0.2) is 0 Å². The van der Waals surface area contributed by atoms with E-state index in [4.69, 9.17) is 5.73 Å². The Morgan fingerprint density at radius 3 is 2.73 bits per heavy atom. The quantitative estimate of drug-likeness (QED) is 0.681. The van der Waals surface area contributed by atoms with E-state index in [0.29, 0.717) is 11.7 Å². The van der Waals surface area contributed by atoms with Crippen molar-refractivity contribution in [3.05, 3.63) is 29.8 Å². The van der Waals surface area contributed by atoms with Crippen molar-refractivity contribution in [2.24, 2.45) is 11.7 Å². The number of benzene rings is 1. The first kappa shape index (κ1) is 23.0. The van der Waals surface area contributed by atoms with E-state index in [-0.39, 0.29) is 30.7 Å². The molecule has 1 saturated carbocycles. The maximum absolute atomic E-state index is 12.1. The molecule has 1 aromatic rings. The second kappa shape index (κ2) is 10.4. The Bertz CT molecular complexity index is 582. The lowest BCUT2D eigenvalue weighted by molar-refractivity contribution is -0.129. The molecule has 1 heterocycles. The molecule has 2 aliphatic rings. The van der Waals surface area contributed by atoms with Crippen molar-refractivity contribution in [3.8, 4) is 5.75 Å². The lowest BCUT2D eigenvalue weighted by atomic mass is 9.77. The molecule has 0 aromatic heterocycles. The van der Waals surface area contributed by atoms with E-state index in [2.05, 4.69) is 16.3 Å². The molecule has 1 aliphatic carbocycles. The van der Waals surface area contributed by atoms with Crippen LogP contribution in [0.3, 0.4) is 0 Å². The van der Waals surface area contributed by atoms with Crippen LogP contribution < -0.4 is 11.1 Å². The zero-order valence-corrected chi connectivity index (χ0v) is 16.8. The van der Waals surface area contributed by atoms with Crippen LogP contribution >= 0.6 is 24.8 Å². The van der Waals surface area contributed by atoms with E-state index in [0.717, 1.165) is 57.4 Å². The Balaban J connectivity index is 0.00000169. The van der Waals surface area contributed by atoms with Gasteiger partial charge in [-0.15, -0.1) is 24.8 Å². The number of hydrogen-bond acceptors (Lipinski definition) is 4. The van der Waals surface area contributed by atoms with E-state index >= 15 is 0 Å². The molecule has 2 fully saturated rings. The van der Waals surface area contributed by atoms with Crippen molar-refractivity contribution in [1.82, 2.24) is 10.2 Å². The number of hydrogen-bond donors (Lipinski definition) is 3. The van der Waals surface area contributed by atoms with Crippen LogP contribution in [0.25, 0.3) is 0 Å². The van der Waals surface area contributed by atoms with Gasteiger partial charge in [-0.1, -0.05) is 12.1 Å². The SMILES string of the molecule is Cl.Cl.NC1(C(=O)NCCC2CCCN(Cc3cccc(O)c3)C2)CCC1. The molecule has 1 amide bonds. The van der Waals surface area contributed by atoms with Crippen LogP contribution in [0.1, 0.15) is 44.1 Å². The van der Waals surface area contributed by atoms with Crippen LogP contribution in [-0.4, -0.2) is 41.1 Å². The molecule has 0 radical (unpaired) electrons. The zero-order chi connectivity index (χ0) is 17.0. The van der Waals surface area contributed by atoms with Crippen LogP contribution in [0.2, 0.25) is 0 Å². The first-order valence-corrected chi connectivity index (χ1v) is 9.13. The zero-order valence-electron chi connectivity index (χ0n) is 15.2. The maximum Gasteiger partial charge on any atom is 0.240 e. The van der Waals surface area contributed by atoms with Gasteiger partial charge in [0, 0.05) is 19.6 Å². The number of amides is 1. The van der Waals surface area contributed by atoms with Crippen molar-refractivity contribution in [2.45, 2.75) is 50.6 Å². The molecular formula is C19H31Cl2N3O2. The van der Waals surface area contributed by atoms with Gasteiger partial charge in [-0.05, 0) is 68.7 Å². The fourth-order valence-corrected chi connectivity index (χ4v) is 3.79. The molecule has 26 heavy (non-hydrogen) atoms. The number of piperidine rings is 1. The summed E-state index contributed by atoms with van der Waals surface area (Å²) in [6, 6.07) is 7.49. The number of nitrogens with one attached hydrogen (secondary N) is 1. The Hall–Kier alpha value is -1.01. The molecule has 3 rings (SSSR count). The summed E-state index contributed by atoms with van der Waals surface area (Å²) in [5.74, 6) is 0.975. The van der Waals surface area contributed by atoms with Crippen molar-refractivity contribution >= 4 is 30.7 Å². The molecule has 7 heteroatoms. The van der Waals surface area contributed by atoms with Gasteiger partial charge in [0.1, 0.15) is 5.75 Å². The summed E-state index contributed by atoms with van der Waals surface area (Å²) in [6.07, 6.45) is 6.13. The summed E-state index contributed by atoms with van der Waals surface area (Å²) >= 11 is 0. The number of likely N-dealkylation sites (tertiary alicyclic amines) is 1. The van der Waals surface area contributed by atoms with E-state index in [9.17, 15) is 9.90 Å². The first-order chi connectivity index (χ1) is 11.5. The number of phenols is 1. The Labute approximate surface area is 168 Å². The minimum Gasteiger partial charge on any atom is -0.508 e. The van der Waals surface area contributed by atoms with Gasteiger partial charge in [-0.3, -0.25) is 9.69 Å². The third-order valence-electron chi connectivity index (χ3n) is 5.46. The van der Waals surface area contributed by atoms with Gasteiger partial charge in [-0.2, -0.15) is 0 Å².